The van der Waals surface area contributed by atoms with Crippen molar-refractivity contribution in [2.24, 2.45) is 0 Å². The van der Waals surface area contributed by atoms with Gasteiger partial charge in [-0.15, -0.1) is 0 Å². The van der Waals surface area contributed by atoms with E-state index in [1.54, 1.807) is 0 Å². The number of hydrogen-bond donors (Lipinski definition) is 1. The van der Waals surface area contributed by atoms with Crippen LogP contribution in [-0.4, -0.2) is 9.91 Å². The molecule has 1 heterocycles. The molecule has 1 N–H and O–H groups in total. The van der Waals surface area contributed by atoms with E-state index < -0.39 is 10.7 Å². The molecule has 15 heavy (non-hydrogen) atoms. The zero-order chi connectivity index (χ0) is 11.4. The molecule has 0 aliphatic heterocycles. The maximum atomic E-state index is 10.7. The molecule has 0 amide bonds. The second-order valence-electron chi connectivity index (χ2n) is 2.45. The molecule has 6 nitrogen and oxygen atoms in total. The molecule has 2 rings (SSSR count). The van der Waals surface area contributed by atoms with Gasteiger partial charge in [-0.1, -0.05) is 13.8 Å². The average Bonchev–Trinajstić information content (AvgIpc) is 2.59. The van der Waals surface area contributed by atoms with Gasteiger partial charge < -0.3 is 4.42 Å². The van der Waals surface area contributed by atoms with Crippen molar-refractivity contribution in [1.29, 1.82) is 0 Å². The molecule has 1 aromatic carbocycles. The molecule has 0 bridgehead atoms. The number of rotatable bonds is 1. The van der Waals surface area contributed by atoms with Crippen molar-refractivity contribution in [3.8, 4) is 0 Å². The van der Waals surface area contributed by atoms with Crippen LogP contribution in [0.15, 0.2) is 27.4 Å². The molecule has 0 radical (unpaired) electrons. The highest BCUT2D eigenvalue weighted by Gasteiger charge is 2.08. The number of oxazole rings is 1. The Bertz CT molecular complexity index is 526. The lowest BCUT2D eigenvalue weighted by atomic mass is 10.3. The molecule has 0 saturated carbocycles. The van der Waals surface area contributed by atoms with Gasteiger partial charge in [-0.05, 0) is 6.07 Å². The van der Waals surface area contributed by atoms with E-state index in [0.29, 0.717) is 5.52 Å². The summed E-state index contributed by atoms with van der Waals surface area (Å²) in [5.74, 6) is -0.615. The number of aromatic nitrogens is 1. The number of aromatic amines is 1. The first kappa shape index (κ1) is 11.0. The molecule has 0 aliphatic carbocycles. The van der Waals surface area contributed by atoms with Crippen LogP contribution in [0.1, 0.15) is 13.8 Å². The van der Waals surface area contributed by atoms with Crippen LogP contribution in [0, 0.1) is 10.1 Å². The molecule has 0 atom stereocenters. The van der Waals surface area contributed by atoms with E-state index in [9.17, 15) is 14.9 Å². The first-order valence-electron chi connectivity index (χ1n) is 4.44. The average molecular weight is 210 g/mol. The zero-order valence-corrected chi connectivity index (χ0v) is 8.31. The van der Waals surface area contributed by atoms with E-state index in [0.717, 1.165) is 0 Å². The fourth-order valence-corrected chi connectivity index (χ4v) is 1.05. The number of nitro groups is 1. The Balaban J connectivity index is 0.000000531. The minimum absolute atomic E-state index is 0.102. The monoisotopic (exact) mass is 210 g/mol. The standard InChI is InChI=1S/C7H4N2O4.C2H6/c10-7-8-5-2-1-4(9(11)12)3-6(5)13-7;1-2/h1-3H,(H,8,10);1-2H3. The van der Waals surface area contributed by atoms with E-state index in [1.807, 2.05) is 13.8 Å². The van der Waals surface area contributed by atoms with Gasteiger partial charge in [-0.2, -0.15) is 0 Å². The highest BCUT2D eigenvalue weighted by Crippen LogP contribution is 2.17. The van der Waals surface area contributed by atoms with Gasteiger partial charge in [-0.3, -0.25) is 15.1 Å². The normalized spacial score (nSPS) is 9.47. The van der Waals surface area contributed by atoms with E-state index >= 15 is 0 Å². The fourth-order valence-electron chi connectivity index (χ4n) is 1.05. The molecular weight excluding hydrogens is 200 g/mol. The number of nitrogens with one attached hydrogen (secondary N) is 1. The maximum absolute atomic E-state index is 10.7. The Morgan fingerprint density at radius 3 is 2.67 bits per heavy atom. The van der Waals surface area contributed by atoms with Crippen molar-refractivity contribution in [2.45, 2.75) is 13.8 Å². The van der Waals surface area contributed by atoms with Crippen molar-refractivity contribution in [1.82, 2.24) is 4.98 Å². The van der Waals surface area contributed by atoms with Crippen molar-refractivity contribution in [3.63, 3.8) is 0 Å². The number of benzene rings is 1. The van der Waals surface area contributed by atoms with Crippen molar-refractivity contribution in [3.05, 3.63) is 38.9 Å². The van der Waals surface area contributed by atoms with Crippen LogP contribution in [0.5, 0.6) is 0 Å². The van der Waals surface area contributed by atoms with Crippen LogP contribution >= 0.6 is 0 Å². The smallest absolute Gasteiger partial charge is 0.408 e. The Morgan fingerprint density at radius 1 is 1.40 bits per heavy atom. The summed E-state index contributed by atoms with van der Waals surface area (Å²) in [6.45, 7) is 4.00. The van der Waals surface area contributed by atoms with Crippen LogP contribution in [0.25, 0.3) is 11.1 Å². The Kier molecular flexibility index (Phi) is 3.22. The van der Waals surface area contributed by atoms with Crippen molar-refractivity contribution < 1.29 is 9.34 Å². The number of hydrogen-bond acceptors (Lipinski definition) is 4. The summed E-state index contributed by atoms with van der Waals surface area (Å²) in [6.07, 6.45) is 0. The first-order valence-corrected chi connectivity index (χ1v) is 4.44. The van der Waals surface area contributed by atoms with Gasteiger partial charge >= 0.3 is 5.76 Å². The highest BCUT2D eigenvalue weighted by molar-refractivity contribution is 5.74. The molecule has 0 fully saturated rings. The SMILES string of the molecule is CC.O=c1[nH]c2ccc([N+](=O)[O-])cc2o1. The van der Waals surface area contributed by atoms with Gasteiger partial charge in [0.15, 0.2) is 5.58 Å². The third kappa shape index (κ3) is 2.22. The largest absolute Gasteiger partial charge is 0.417 e. The maximum Gasteiger partial charge on any atom is 0.417 e. The van der Waals surface area contributed by atoms with Crippen LogP contribution in [-0.2, 0) is 0 Å². The van der Waals surface area contributed by atoms with Crippen LogP contribution < -0.4 is 5.76 Å². The number of nitrogens with zero attached hydrogens (tertiary/aromatic N) is 1. The van der Waals surface area contributed by atoms with Gasteiger partial charge in [-0.25, -0.2) is 4.79 Å². The summed E-state index contributed by atoms with van der Waals surface area (Å²) in [6, 6.07) is 3.93. The summed E-state index contributed by atoms with van der Waals surface area (Å²) < 4.78 is 4.64. The lowest BCUT2D eigenvalue weighted by Crippen LogP contribution is -1.92. The van der Waals surface area contributed by atoms with Crippen LogP contribution in [0.4, 0.5) is 5.69 Å². The molecule has 0 spiro atoms. The molecule has 1 aromatic heterocycles. The fraction of sp³-hybridized carbons (Fsp3) is 0.222. The summed E-state index contributed by atoms with van der Waals surface area (Å²) in [4.78, 5) is 22.8. The topological polar surface area (TPSA) is 89.1 Å². The second-order valence-corrected chi connectivity index (χ2v) is 2.45. The van der Waals surface area contributed by atoms with E-state index in [4.69, 9.17) is 0 Å². The zero-order valence-electron chi connectivity index (χ0n) is 8.31. The molecule has 2 aromatic rings. The predicted octanol–water partition coefficient (Wildman–Crippen LogP) is 2.06. The quantitative estimate of drug-likeness (QED) is 0.576. The summed E-state index contributed by atoms with van der Waals surface area (Å²) in [5.41, 5.74) is 0.546. The van der Waals surface area contributed by atoms with Crippen molar-refractivity contribution >= 4 is 16.8 Å². The van der Waals surface area contributed by atoms with Gasteiger partial charge in [0.05, 0.1) is 16.5 Å². The molecule has 0 aliphatic rings. The lowest BCUT2D eigenvalue weighted by molar-refractivity contribution is -0.384. The van der Waals surface area contributed by atoms with Gasteiger partial charge in [0.1, 0.15) is 0 Å². The lowest BCUT2D eigenvalue weighted by Gasteiger charge is -1.88. The molecule has 6 heteroatoms. The predicted molar refractivity (Wildman–Crippen MR) is 54.8 cm³/mol. The van der Waals surface area contributed by atoms with Gasteiger partial charge in [0.2, 0.25) is 0 Å². The Morgan fingerprint density at radius 2 is 2.07 bits per heavy atom. The Hall–Kier alpha value is -2.11. The third-order valence-electron chi connectivity index (χ3n) is 1.62. The minimum Gasteiger partial charge on any atom is -0.408 e. The van der Waals surface area contributed by atoms with Crippen LogP contribution in [0.3, 0.4) is 0 Å². The summed E-state index contributed by atoms with van der Waals surface area (Å²) in [5, 5.41) is 10.3. The van der Waals surface area contributed by atoms with E-state index in [2.05, 4.69) is 9.40 Å². The number of nitro benzene ring substituents is 1. The number of non-ortho nitro benzene ring substituents is 1. The molecule has 80 valence electrons. The van der Waals surface area contributed by atoms with Crippen LogP contribution in [0.2, 0.25) is 0 Å². The number of fused-ring (bicyclic) bond motifs is 1. The van der Waals surface area contributed by atoms with Gasteiger partial charge in [0.25, 0.3) is 5.69 Å². The first-order chi connectivity index (χ1) is 7.16. The third-order valence-corrected chi connectivity index (χ3v) is 1.62. The van der Waals surface area contributed by atoms with Gasteiger partial charge in [0, 0.05) is 6.07 Å². The number of H-pyrrole nitrogens is 1. The van der Waals surface area contributed by atoms with E-state index in [1.165, 1.54) is 18.2 Å². The minimum atomic E-state index is -0.615. The summed E-state index contributed by atoms with van der Waals surface area (Å²) >= 11 is 0. The second kappa shape index (κ2) is 4.41. The molecular formula is C9H10N2O4. The Labute approximate surface area is 84.7 Å². The van der Waals surface area contributed by atoms with E-state index in [-0.39, 0.29) is 11.3 Å². The van der Waals surface area contributed by atoms with Crippen molar-refractivity contribution in [2.75, 3.05) is 0 Å². The highest BCUT2D eigenvalue weighted by atomic mass is 16.6. The summed E-state index contributed by atoms with van der Waals surface area (Å²) in [7, 11) is 0. The molecule has 0 unspecified atom stereocenters. The molecule has 0 saturated heterocycles.